The lowest BCUT2D eigenvalue weighted by molar-refractivity contribution is -0.169. The van der Waals surface area contributed by atoms with Crippen LogP contribution in [-0.2, 0) is 87.5 Å². The molecule has 8 aliphatic carbocycles. The van der Waals surface area contributed by atoms with Gasteiger partial charge in [0, 0.05) is 9.79 Å². The van der Waals surface area contributed by atoms with Gasteiger partial charge in [0.2, 0.25) is 0 Å². The molecule has 0 aromatic heterocycles. The Bertz CT molecular complexity index is 6780. The van der Waals surface area contributed by atoms with E-state index in [1.807, 2.05) is 141 Å². The molecule has 0 aliphatic heterocycles. The van der Waals surface area contributed by atoms with E-state index in [1.165, 1.54) is 43.4 Å². The smallest absolute Gasteiger partial charge is 0.311 e. The lowest BCUT2D eigenvalue weighted by Gasteiger charge is -2.32. The van der Waals surface area contributed by atoms with Crippen LogP contribution in [0, 0.1) is 108 Å². The van der Waals surface area contributed by atoms with Crippen LogP contribution in [0.5, 0.6) is 0 Å². The van der Waals surface area contributed by atoms with Crippen LogP contribution in [0.1, 0.15) is 259 Å². The minimum absolute atomic E-state index is 0.0351. The Morgan fingerprint density at radius 2 is 0.600 bits per heavy atom. The summed E-state index contributed by atoms with van der Waals surface area (Å²) in [6.07, 6.45) is 12.1. The molecule has 736 valence electrons. The number of fused-ring (bicyclic) bond motifs is 16. The minimum atomic E-state index is -0.750. The molecule has 12 aromatic rings. The molecule has 0 heterocycles. The van der Waals surface area contributed by atoms with Crippen LogP contribution in [0.25, 0.3) is 86.2 Å². The Labute approximate surface area is 836 Å². The van der Waals surface area contributed by atoms with Crippen LogP contribution in [0.4, 0.5) is 0 Å². The molecule has 18 heteroatoms. The largest absolute Gasteiger partial charge is 0.462 e. The van der Waals surface area contributed by atoms with Gasteiger partial charge in [-0.3, -0.25) is 38.4 Å². The molecule has 20 atom stereocenters. The van der Waals surface area contributed by atoms with Gasteiger partial charge in [-0.1, -0.05) is 162 Å². The van der Waals surface area contributed by atoms with E-state index in [0.29, 0.717) is 0 Å². The van der Waals surface area contributed by atoms with Crippen molar-refractivity contribution in [2.24, 2.45) is 93.7 Å². The van der Waals surface area contributed by atoms with Crippen LogP contribution in [0.3, 0.4) is 0 Å². The second kappa shape index (κ2) is 40.9. The number of carbonyl (C=O) groups is 8. The molecule has 8 saturated carbocycles. The topological polar surface area (TPSA) is 210 Å². The van der Waals surface area contributed by atoms with Crippen molar-refractivity contribution in [1.29, 1.82) is 0 Å². The predicted molar refractivity (Wildman–Crippen MR) is 561 cm³/mol. The molecule has 8 fully saturated rings. The third-order valence-corrected chi connectivity index (χ3v) is 34.3. The molecule has 20 unspecified atom stereocenters. The molecule has 0 spiro atoms. The van der Waals surface area contributed by atoms with Gasteiger partial charge in [-0.15, -0.1) is 25.3 Å². The Morgan fingerprint density at radius 3 is 0.929 bits per heavy atom. The van der Waals surface area contributed by atoms with Crippen molar-refractivity contribution in [2.45, 2.75) is 285 Å². The van der Waals surface area contributed by atoms with Gasteiger partial charge >= 0.3 is 47.8 Å². The molecular weight excluding hydrogens is 1790 g/mol. The van der Waals surface area contributed by atoms with Crippen molar-refractivity contribution in [2.75, 3.05) is 0 Å². The summed E-state index contributed by atoms with van der Waals surface area (Å²) in [6.45, 7) is 35.5. The van der Waals surface area contributed by atoms with Gasteiger partial charge in [0.25, 0.3) is 0 Å². The lowest BCUT2D eigenvalue weighted by atomic mass is 9.86. The van der Waals surface area contributed by atoms with Crippen LogP contribution >= 0.6 is 25.3 Å². The number of hydrogen-bond acceptors (Lipinski definition) is 18. The highest BCUT2D eigenvalue weighted by atomic mass is 32.1. The highest BCUT2D eigenvalue weighted by Gasteiger charge is 2.56. The Morgan fingerprint density at radius 1 is 0.307 bits per heavy atom. The third kappa shape index (κ3) is 21.5. The van der Waals surface area contributed by atoms with Gasteiger partial charge in [0.1, 0.15) is 47.8 Å². The van der Waals surface area contributed by atoms with E-state index in [1.54, 1.807) is 0 Å². The van der Waals surface area contributed by atoms with Crippen LogP contribution in [-0.4, -0.2) is 72.2 Å². The third-order valence-electron chi connectivity index (χ3n) is 33.5. The maximum absolute atomic E-state index is 13.3. The van der Waals surface area contributed by atoms with Crippen LogP contribution < -0.4 is 0 Å². The van der Waals surface area contributed by atoms with Gasteiger partial charge in [0.05, 0.1) is 46.3 Å². The van der Waals surface area contributed by atoms with E-state index in [2.05, 4.69) is 203 Å². The van der Waals surface area contributed by atoms with Gasteiger partial charge in [-0.05, 0) is 427 Å². The molecule has 16 nitrogen and oxygen atoms in total. The van der Waals surface area contributed by atoms with E-state index < -0.39 is 22.0 Å². The average Bonchev–Trinajstić information content (AvgIpc) is 1.44. The molecule has 0 amide bonds. The quantitative estimate of drug-likeness (QED) is 0.0249. The van der Waals surface area contributed by atoms with Crippen molar-refractivity contribution in [3.05, 3.63) is 228 Å². The van der Waals surface area contributed by atoms with Crippen molar-refractivity contribution < 1.29 is 76.3 Å². The molecule has 0 N–H and O–H groups in total. The second-order valence-electron chi connectivity index (χ2n) is 44.7. The maximum Gasteiger partial charge on any atom is 0.311 e. The Balaban J connectivity index is 0.000000129. The zero-order valence-electron chi connectivity index (χ0n) is 84.8. The molecule has 8 bridgehead atoms. The number of esters is 8. The number of carbonyl (C=O) groups excluding carboxylic acids is 8. The van der Waals surface area contributed by atoms with Gasteiger partial charge < -0.3 is 37.9 Å². The normalized spacial score (nSPS) is 24.6. The van der Waals surface area contributed by atoms with Crippen LogP contribution in [0.15, 0.2) is 204 Å². The predicted octanol–water partition coefficient (Wildman–Crippen LogP) is 28.7. The number of aryl methyl sites for hydroxylation is 2. The molecule has 20 rings (SSSR count). The summed E-state index contributed by atoms with van der Waals surface area (Å²) in [7, 11) is 0. The van der Waals surface area contributed by atoms with Crippen molar-refractivity contribution in [3.8, 4) is 0 Å². The maximum atomic E-state index is 13.3. The zero-order chi connectivity index (χ0) is 99.6. The SMILES string of the molecule is CCC(C)(C)C(=O)OC1CC2CC1CC2C(=O)OC(C)(C)c1ccc2cc3cccc(S)c3cc2c1.CCC(C)(C)C(=O)OC1CC2CC1CC2C(=O)OC(C)c1ccc2cc3cccc(S)c3cc2c1.CCC(C)C(=O)OC1CC2CC1CC2C(=O)OC(C)(C)c1ccc2cc3cc(C)ccc3cc2c1.CCC(C)C(=O)OC1CC2CC1CC2C(=O)OC(C)c1ccc2cc3cc(C)ccc3cc2c1. The fourth-order valence-electron chi connectivity index (χ4n) is 23.3. The highest BCUT2D eigenvalue weighted by molar-refractivity contribution is 7.80. The van der Waals surface area contributed by atoms with Gasteiger partial charge in [0.15, 0.2) is 0 Å². The summed E-state index contributed by atoms with van der Waals surface area (Å²) in [4.78, 5) is 104. The average molecular weight is 1930 g/mol. The standard InChI is InChI=1S/C31H36O4S.C31H36O4.C30H34O4S.C30H34O4/c1-6-30(2,3)29(33)34-26-17-21-13-22(26)16-25(21)28(32)35-31(4,5)23-11-10-18-12-19-8-7-9-27(36)24(19)15-20(18)14-23;1-6-19(3)29(32)34-28-17-24-14-25(28)16-27(24)30(33)35-31(4,5)26-10-9-21-12-22-11-18(2)7-8-20(22)13-23(21)15-26;1-5-30(3,4)29(32)34-26-16-22-13-23(26)15-25(22)28(31)33-17(2)18-9-10-19-12-20-7-6-8-27(35)24(20)14-21(19)11-18;1-5-18(3)29(31)34-28-16-25-14-26(28)15-27(25)30(32)33-19(4)20-8-9-22-12-23-10-17(2)6-7-21(23)13-24(22)11-20/h7-12,14-15,21-22,25-26,36H,6,13,16-17H2,1-5H3;7-13,15,19,24-25,27-28H,6,14,16-17H2,1-5H3;6-12,14,17,22-23,25-26,35H,5,13,15-16H2,1-4H3;6-13,18-19,25-28H,5,14-16H2,1-4H3. The highest BCUT2D eigenvalue weighted by Crippen LogP contribution is 2.56. The molecule has 140 heavy (non-hydrogen) atoms. The van der Waals surface area contributed by atoms with Gasteiger partial charge in [-0.25, -0.2) is 0 Å². The first-order valence-corrected chi connectivity index (χ1v) is 52.4. The number of hydrogen-bond donors (Lipinski definition) is 2. The first-order valence-electron chi connectivity index (χ1n) is 51.5. The minimum Gasteiger partial charge on any atom is -0.462 e. The monoisotopic (exact) mass is 1920 g/mol. The Kier molecular flexibility index (Phi) is 29.4. The summed E-state index contributed by atoms with van der Waals surface area (Å²) in [5, 5.41) is 18.6. The number of ether oxygens (including phenoxy) is 8. The molecule has 12 aromatic carbocycles. The van der Waals surface area contributed by atoms with Crippen molar-refractivity contribution in [3.63, 3.8) is 0 Å². The molecule has 8 aliphatic rings. The molecule has 0 radical (unpaired) electrons. The van der Waals surface area contributed by atoms with E-state index in [-0.39, 0.29) is 167 Å². The number of benzene rings is 12. The molecule has 0 saturated heterocycles. The van der Waals surface area contributed by atoms with E-state index >= 15 is 0 Å². The summed E-state index contributed by atoms with van der Waals surface area (Å²) in [6, 6.07) is 67.9. The summed E-state index contributed by atoms with van der Waals surface area (Å²) >= 11 is 9.23. The summed E-state index contributed by atoms with van der Waals surface area (Å²) < 4.78 is 47.5. The summed E-state index contributed by atoms with van der Waals surface area (Å²) in [5.74, 6) is 0.493. The van der Waals surface area contributed by atoms with E-state index in [4.69, 9.17) is 37.9 Å². The first kappa shape index (κ1) is 101. The van der Waals surface area contributed by atoms with Crippen molar-refractivity contribution in [1.82, 2.24) is 0 Å². The van der Waals surface area contributed by atoms with Crippen LogP contribution in [0.2, 0.25) is 0 Å². The van der Waals surface area contributed by atoms with Gasteiger partial charge in [-0.2, -0.15) is 0 Å². The molecular formula is C122H140O16S2. The first-order chi connectivity index (χ1) is 66.6. The fourth-order valence-corrected chi connectivity index (χ4v) is 23.9. The summed E-state index contributed by atoms with van der Waals surface area (Å²) in [5.41, 5.74) is 4.06. The van der Waals surface area contributed by atoms with Crippen molar-refractivity contribution >= 4 is 159 Å². The van der Waals surface area contributed by atoms with E-state index in [0.717, 1.165) is 189 Å². The number of rotatable bonds is 24. The Hall–Kier alpha value is -10.8. The lowest BCUT2D eigenvalue weighted by Crippen LogP contribution is -2.37. The van der Waals surface area contributed by atoms with E-state index in [9.17, 15) is 38.4 Å². The number of thiol groups is 2. The second-order valence-corrected chi connectivity index (χ2v) is 45.7. The fraction of sp³-hybridized carbons (Fsp3) is 0.475. The zero-order valence-corrected chi connectivity index (χ0v) is 86.6.